The fourth-order valence-electron chi connectivity index (χ4n) is 2.33. The number of carbonyl (C=O) groups is 2. The van der Waals surface area contributed by atoms with Gasteiger partial charge < -0.3 is 5.32 Å². The Morgan fingerprint density at radius 3 is 2.68 bits per heavy atom. The van der Waals surface area contributed by atoms with Crippen LogP contribution in [0.25, 0.3) is 6.08 Å². The van der Waals surface area contributed by atoms with Crippen LogP contribution in [0.2, 0.25) is 0 Å². The highest BCUT2D eigenvalue weighted by Gasteiger charge is 2.13. The van der Waals surface area contributed by atoms with Crippen molar-refractivity contribution < 1.29 is 14.5 Å². The van der Waals surface area contributed by atoms with Crippen molar-refractivity contribution in [3.05, 3.63) is 87.4 Å². The Bertz CT molecular complexity index is 1050. The van der Waals surface area contributed by atoms with Crippen LogP contribution in [0, 0.1) is 10.1 Å². The lowest BCUT2D eigenvalue weighted by Gasteiger charge is -2.09. The van der Waals surface area contributed by atoms with Crippen LogP contribution >= 0.6 is 11.3 Å². The number of nitro benzene ring substituents is 1. The molecule has 2 aromatic carbocycles. The van der Waals surface area contributed by atoms with Gasteiger partial charge in [0, 0.05) is 29.8 Å². The first-order chi connectivity index (χ1) is 13.5. The zero-order valence-electron chi connectivity index (χ0n) is 14.4. The van der Waals surface area contributed by atoms with Gasteiger partial charge in [-0.15, -0.1) is 11.3 Å². The van der Waals surface area contributed by atoms with Gasteiger partial charge >= 0.3 is 0 Å². The standard InChI is InChI=1S/C19H14N4O4S/c24-17(9-8-13-4-3-5-14(12-13)23(26)27)21-16-7-2-1-6-15(16)18(25)22-19-20-10-11-28-19/h1-12H,(H,21,24)(H,20,22,25)/b9-8+. The number of rotatable bonds is 6. The number of nitrogens with one attached hydrogen (secondary N) is 2. The molecule has 0 bridgehead atoms. The monoisotopic (exact) mass is 394 g/mol. The van der Waals surface area contributed by atoms with E-state index in [-0.39, 0.29) is 11.3 Å². The van der Waals surface area contributed by atoms with E-state index in [9.17, 15) is 19.7 Å². The molecule has 8 nitrogen and oxygen atoms in total. The van der Waals surface area contributed by atoms with Gasteiger partial charge in [-0.05, 0) is 23.8 Å². The van der Waals surface area contributed by atoms with Crippen molar-refractivity contribution in [2.45, 2.75) is 0 Å². The lowest BCUT2D eigenvalue weighted by Crippen LogP contribution is -2.16. The van der Waals surface area contributed by atoms with Gasteiger partial charge in [-0.25, -0.2) is 4.98 Å². The molecule has 0 saturated carbocycles. The first-order valence-electron chi connectivity index (χ1n) is 8.06. The SMILES string of the molecule is O=C(/C=C/c1cccc([N+](=O)[O-])c1)Nc1ccccc1C(=O)Nc1nccs1. The Labute approximate surface area is 163 Å². The first-order valence-corrected chi connectivity index (χ1v) is 8.94. The number of benzene rings is 2. The van der Waals surface area contributed by atoms with Gasteiger partial charge in [0.1, 0.15) is 0 Å². The van der Waals surface area contributed by atoms with Crippen molar-refractivity contribution in [3.63, 3.8) is 0 Å². The fourth-order valence-corrected chi connectivity index (χ4v) is 2.85. The molecule has 140 valence electrons. The zero-order valence-corrected chi connectivity index (χ0v) is 15.2. The van der Waals surface area contributed by atoms with Crippen molar-refractivity contribution in [2.24, 2.45) is 0 Å². The van der Waals surface area contributed by atoms with Gasteiger partial charge in [0.25, 0.3) is 11.6 Å². The average Bonchev–Trinajstić information content (AvgIpc) is 3.20. The van der Waals surface area contributed by atoms with Gasteiger partial charge in [-0.2, -0.15) is 0 Å². The summed E-state index contributed by atoms with van der Waals surface area (Å²) in [7, 11) is 0. The van der Waals surface area contributed by atoms with E-state index in [0.29, 0.717) is 16.4 Å². The third kappa shape index (κ3) is 4.86. The number of hydrogen-bond acceptors (Lipinski definition) is 6. The van der Waals surface area contributed by atoms with Gasteiger partial charge in [0.15, 0.2) is 5.13 Å². The summed E-state index contributed by atoms with van der Waals surface area (Å²) in [6.45, 7) is 0. The van der Waals surface area contributed by atoms with Crippen LogP contribution in [0.4, 0.5) is 16.5 Å². The number of anilines is 2. The molecule has 28 heavy (non-hydrogen) atoms. The number of nitrogens with zero attached hydrogens (tertiary/aromatic N) is 2. The van der Waals surface area contributed by atoms with Crippen LogP contribution < -0.4 is 10.6 Å². The molecule has 0 aliphatic heterocycles. The second kappa shape index (κ2) is 8.69. The van der Waals surface area contributed by atoms with Crippen molar-refractivity contribution in [3.8, 4) is 0 Å². The first kappa shape index (κ1) is 18.9. The van der Waals surface area contributed by atoms with E-state index in [1.165, 1.54) is 41.7 Å². The largest absolute Gasteiger partial charge is 0.322 e. The van der Waals surface area contributed by atoms with Crippen LogP contribution in [0.3, 0.4) is 0 Å². The van der Waals surface area contributed by atoms with E-state index in [4.69, 9.17) is 0 Å². The number of thiazole rings is 1. The number of aromatic nitrogens is 1. The van der Waals surface area contributed by atoms with E-state index in [1.54, 1.807) is 41.9 Å². The Hall–Kier alpha value is -3.85. The normalized spacial score (nSPS) is 10.6. The topological polar surface area (TPSA) is 114 Å². The molecule has 0 saturated heterocycles. The van der Waals surface area contributed by atoms with Gasteiger partial charge in [-0.3, -0.25) is 25.0 Å². The van der Waals surface area contributed by atoms with Crippen molar-refractivity contribution in [1.29, 1.82) is 0 Å². The average molecular weight is 394 g/mol. The predicted octanol–water partition coefficient (Wildman–Crippen LogP) is 3.96. The highest BCUT2D eigenvalue weighted by molar-refractivity contribution is 7.13. The predicted molar refractivity (Wildman–Crippen MR) is 107 cm³/mol. The Kier molecular flexibility index (Phi) is 5.87. The van der Waals surface area contributed by atoms with Crippen LogP contribution in [0.5, 0.6) is 0 Å². The number of carbonyl (C=O) groups excluding carboxylic acids is 2. The molecule has 0 aliphatic carbocycles. The summed E-state index contributed by atoms with van der Waals surface area (Å²) in [4.78, 5) is 38.9. The number of para-hydroxylation sites is 1. The molecule has 0 spiro atoms. The molecule has 0 atom stereocenters. The lowest BCUT2D eigenvalue weighted by atomic mass is 10.1. The van der Waals surface area contributed by atoms with Crippen molar-refractivity contribution in [2.75, 3.05) is 10.6 Å². The maximum atomic E-state index is 12.4. The number of hydrogen-bond donors (Lipinski definition) is 2. The van der Waals surface area contributed by atoms with E-state index in [2.05, 4.69) is 15.6 Å². The Morgan fingerprint density at radius 1 is 1.11 bits per heavy atom. The molecule has 2 amide bonds. The minimum Gasteiger partial charge on any atom is -0.322 e. The van der Waals surface area contributed by atoms with Gasteiger partial charge in [0.05, 0.1) is 16.2 Å². The smallest absolute Gasteiger partial charge is 0.270 e. The molecule has 2 N–H and O–H groups in total. The molecule has 3 aromatic rings. The van der Waals surface area contributed by atoms with E-state index in [0.717, 1.165) is 0 Å². The number of amides is 2. The highest BCUT2D eigenvalue weighted by atomic mass is 32.1. The van der Waals surface area contributed by atoms with E-state index >= 15 is 0 Å². The molecule has 9 heteroatoms. The molecular formula is C19H14N4O4S. The fraction of sp³-hybridized carbons (Fsp3) is 0. The summed E-state index contributed by atoms with van der Waals surface area (Å²) >= 11 is 1.29. The molecular weight excluding hydrogens is 380 g/mol. The summed E-state index contributed by atoms with van der Waals surface area (Å²) in [5.41, 5.74) is 1.07. The molecule has 3 rings (SSSR count). The van der Waals surface area contributed by atoms with Crippen LogP contribution in [0.15, 0.2) is 66.2 Å². The summed E-state index contributed by atoms with van der Waals surface area (Å²) in [6.07, 6.45) is 4.28. The molecule has 0 fully saturated rings. The summed E-state index contributed by atoms with van der Waals surface area (Å²) < 4.78 is 0. The van der Waals surface area contributed by atoms with Crippen LogP contribution in [0.1, 0.15) is 15.9 Å². The van der Waals surface area contributed by atoms with Crippen molar-refractivity contribution in [1.82, 2.24) is 4.98 Å². The summed E-state index contributed by atoms with van der Waals surface area (Å²) in [5.74, 6) is -0.866. The maximum Gasteiger partial charge on any atom is 0.270 e. The van der Waals surface area contributed by atoms with Crippen LogP contribution in [-0.4, -0.2) is 21.7 Å². The minimum absolute atomic E-state index is 0.0632. The highest BCUT2D eigenvalue weighted by Crippen LogP contribution is 2.19. The molecule has 1 heterocycles. The molecule has 0 aliphatic rings. The summed E-state index contributed by atoms with van der Waals surface area (Å²) in [5, 5.41) is 18.3. The summed E-state index contributed by atoms with van der Waals surface area (Å²) in [6, 6.07) is 12.5. The number of non-ortho nitro benzene ring substituents is 1. The molecule has 0 unspecified atom stereocenters. The second-order valence-electron chi connectivity index (χ2n) is 5.51. The minimum atomic E-state index is -0.505. The molecule has 1 aromatic heterocycles. The zero-order chi connectivity index (χ0) is 19.9. The Morgan fingerprint density at radius 2 is 1.93 bits per heavy atom. The second-order valence-corrected chi connectivity index (χ2v) is 6.41. The quantitative estimate of drug-likeness (QED) is 0.373. The Balaban J connectivity index is 1.71. The van der Waals surface area contributed by atoms with Crippen LogP contribution in [-0.2, 0) is 4.79 Å². The maximum absolute atomic E-state index is 12.4. The third-order valence-electron chi connectivity index (χ3n) is 3.59. The van der Waals surface area contributed by atoms with Gasteiger partial charge in [0.2, 0.25) is 5.91 Å². The lowest BCUT2D eigenvalue weighted by molar-refractivity contribution is -0.384. The van der Waals surface area contributed by atoms with Crippen molar-refractivity contribution >= 4 is 45.7 Å². The number of nitro groups is 1. The van der Waals surface area contributed by atoms with E-state index in [1.807, 2.05) is 0 Å². The van der Waals surface area contributed by atoms with E-state index < -0.39 is 16.7 Å². The molecule has 0 radical (unpaired) electrons. The third-order valence-corrected chi connectivity index (χ3v) is 4.28. The van der Waals surface area contributed by atoms with Gasteiger partial charge in [-0.1, -0.05) is 24.3 Å².